The first-order valence-electron chi connectivity index (χ1n) is 10.1. The lowest BCUT2D eigenvalue weighted by molar-refractivity contribution is 0.383. The van der Waals surface area contributed by atoms with E-state index in [-0.39, 0.29) is 0 Å². The molecule has 0 bridgehead atoms. The predicted molar refractivity (Wildman–Crippen MR) is 134 cm³/mol. The summed E-state index contributed by atoms with van der Waals surface area (Å²) in [5.74, 6) is 0.905. The van der Waals surface area contributed by atoms with Crippen molar-refractivity contribution < 1.29 is 13.0 Å². The lowest BCUT2D eigenvalue weighted by atomic mass is 10.3. The molecule has 7 heteroatoms. The fraction of sp³-hybridized carbons (Fsp3) is 0.524. The molecule has 0 spiro atoms. The smallest absolute Gasteiger partial charge is 0.325 e. The van der Waals surface area contributed by atoms with Gasteiger partial charge in [0, 0.05) is 12.1 Å². The standard InChI is InChI=1S/C21H40O3Si4/c1-11-17-28(23-25(3,4)5,24-26(6,7)8)19-12-18-27(9,10)21-15-13-20(22-2)14-16-21/h11-16,18H,1,17,19H2,2-10H3. The maximum atomic E-state index is 6.76. The number of allylic oxidation sites excluding steroid dienone is 2. The molecule has 1 rings (SSSR count). The van der Waals surface area contributed by atoms with Crippen molar-refractivity contribution in [3.63, 3.8) is 0 Å². The largest absolute Gasteiger partial charge is 0.497 e. The van der Waals surface area contributed by atoms with Crippen molar-refractivity contribution >= 4 is 38.5 Å². The van der Waals surface area contributed by atoms with Crippen molar-refractivity contribution in [1.29, 1.82) is 0 Å². The summed E-state index contributed by atoms with van der Waals surface area (Å²) in [6.45, 7) is 22.3. The summed E-state index contributed by atoms with van der Waals surface area (Å²) < 4.78 is 18.8. The van der Waals surface area contributed by atoms with E-state index < -0.39 is 33.3 Å². The minimum absolute atomic E-state index is 0.844. The molecule has 1 aromatic carbocycles. The first kappa shape index (κ1) is 25.3. The zero-order valence-electron chi connectivity index (χ0n) is 19.4. The van der Waals surface area contributed by atoms with Crippen LogP contribution >= 0.6 is 0 Å². The van der Waals surface area contributed by atoms with Crippen LogP contribution < -0.4 is 9.92 Å². The Bertz CT molecular complexity index is 640. The van der Waals surface area contributed by atoms with Gasteiger partial charge in [-0.25, -0.2) is 0 Å². The number of methoxy groups -OCH3 is 1. The van der Waals surface area contributed by atoms with E-state index in [1.165, 1.54) is 5.19 Å². The second kappa shape index (κ2) is 9.86. The normalized spacial score (nSPS) is 13.8. The fourth-order valence-corrected chi connectivity index (χ4v) is 17.3. The number of benzene rings is 1. The van der Waals surface area contributed by atoms with E-state index in [1.807, 2.05) is 6.08 Å². The van der Waals surface area contributed by atoms with Crippen LogP contribution in [0.15, 0.2) is 48.7 Å². The van der Waals surface area contributed by atoms with Gasteiger partial charge in [-0.1, -0.05) is 48.3 Å². The van der Waals surface area contributed by atoms with Gasteiger partial charge in [-0.15, -0.1) is 6.58 Å². The van der Waals surface area contributed by atoms with Crippen LogP contribution in [0.2, 0.25) is 64.5 Å². The average Bonchev–Trinajstić information content (AvgIpc) is 2.51. The molecule has 0 aliphatic heterocycles. The Kier molecular flexibility index (Phi) is 8.92. The first-order valence-corrected chi connectivity index (χ1v) is 22.2. The molecule has 0 saturated carbocycles. The van der Waals surface area contributed by atoms with E-state index in [2.05, 4.69) is 95.0 Å². The quantitative estimate of drug-likeness (QED) is 0.303. The average molecular weight is 453 g/mol. The summed E-state index contributed by atoms with van der Waals surface area (Å²) in [6, 6.07) is 10.2. The van der Waals surface area contributed by atoms with Gasteiger partial charge in [0.25, 0.3) is 0 Å². The lowest BCUT2D eigenvalue weighted by Crippen LogP contribution is -2.54. The van der Waals surface area contributed by atoms with Crippen LogP contribution in [-0.4, -0.2) is 40.4 Å². The van der Waals surface area contributed by atoms with E-state index in [4.69, 9.17) is 13.0 Å². The minimum Gasteiger partial charge on any atom is -0.497 e. The van der Waals surface area contributed by atoms with Crippen LogP contribution in [-0.2, 0) is 8.23 Å². The molecule has 0 N–H and O–H groups in total. The summed E-state index contributed by atoms with van der Waals surface area (Å²) in [5.41, 5.74) is 2.43. The summed E-state index contributed by atoms with van der Waals surface area (Å²) in [7, 11) is -5.79. The summed E-state index contributed by atoms with van der Waals surface area (Å²) >= 11 is 0. The van der Waals surface area contributed by atoms with Crippen LogP contribution in [0.4, 0.5) is 0 Å². The Morgan fingerprint density at radius 1 is 0.821 bits per heavy atom. The Labute approximate surface area is 177 Å². The minimum atomic E-state index is -2.36. The van der Waals surface area contributed by atoms with E-state index in [0.717, 1.165) is 17.8 Å². The third kappa shape index (κ3) is 8.75. The maximum absolute atomic E-state index is 6.76. The van der Waals surface area contributed by atoms with Crippen LogP contribution in [0.3, 0.4) is 0 Å². The van der Waals surface area contributed by atoms with Gasteiger partial charge in [0.2, 0.25) is 0 Å². The van der Waals surface area contributed by atoms with Gasteiger partial charge in [0.1, 0.15) is 13.8 Å². The fourth-order valence-electron chi connectivity index (χ4n) is 3.26. The van der Waals surface area contributed by atoms with Crippen LogP contribution in [0.25, 0.3) is 0 Å². The molecule has 0 saturated heterocycles. The molecule has 0 aliphatic carbocycles. The Morgan fingerprint density at radius 3 is 1.71 bits per heavy atom. The first-order chi connectivity index (χ1) is 12.7. The molecule has 0 aliphatic rings. The highest BCUT2D eigenvalue weighted by molar-refractivity contribution is 6.94. The molecule has 0 fully saturated rings. The molecule has 3 nitrogen and oxygen atoms in total. The third-order valence-corrected chi connectivity index (χ3v) is 16.8. The van der Waals surface area contributed by atoms with Crippen molar-refractivity contribution in [3.05, 3.63) is 48.7 Å². The van der Waals surface area contributed by atoms with E-state index in [1.54, 1.807) is 7.11 Å². The SMILES string of the molecule is C=CC[Si](CC=C[Si](C)(C)c1ccc(OC)cc1)(O[Si](C)(C)C)O[Si](C)(C)C. The molecule has 28 heavy (non-hydrogen) atoms. The van der Waals surface area contributed by atoms with Gasteiger partial charge in [0.15, 0.2) is 16.6 Å². The van der Waals surface area contributed by atoms with E-state index in [0.29, 0.717) is 0 Å². The van der Waals surface area contributed by atoms with Crippen molar-refractivity contribution in [2.45, 2.75) is 64.5 Å². The molecule has 1 aromatic rings. The highest BCUT2D eigenvalue weighted by Crippen LogP contribution is 2.29. The molecule has 0 heterocycles. The monoisotopic (exact) mass is 452 g/mol. The molecule has 0 amide bonds. The Hall–Kier alpha value is -0.712. The van der Waals surface area contributed by atoms with E-state index >= 15 is 0 Å². The summed E-state index contributed by atoms with van der Waals surface area (Å²) in [6.07, 6.45) is 4.33. The third-order valence-electron chi connectivity index (χ3n) is 4.24. The molecule has 0 atom stereocenters. The summed E-state index contributed by atoms with van der Waals surface area (Å²) in [4.78, 5) is 0. The van der Waals surface area contributed by atoms with Crippen LogP contribution in [0.5, 0.6) is 5.75 Å². The molecular formula is C21H40O3Si4. The van der Waals surface area contributed by atoms with Gasteiger partial charge in [-0.3, -0.25) is 0 Å². The molecular weight excluding hydrogens is 413 g/mol. The zero-order valence-corrected chi connectivity index (χ0v) is 23.4. The Balaban J connectivity index is 3.10. The second-order valence-corrected chi connectivity index (χ2v) is 27.0. The summed E-state index contributed by atoms with van der Waals surface area (Å²) in [5, 5.41) is 1.40. The van der Waals surface area contributed by atoms with Crippen molar-refractivity contribution in [3.8, 4) is 5.75 Å². The lowest BCUT2D eigenvalue weighted by Gasteiger charge is -2.40. The number of hydrogen-bond donors (Lipinski definition) is 0. The second-order valence-electron chi connectivity index (χ2n) is 9.89. The van der Waals surface area contributed by atoms with Gasteiger partial charge >= 0.3 is 8.56 Å². The van der Waals surface area contributed by atoms with Crippen LogP contribution in [0.1, 0.15) is 0 Å². The Morgan fingerprint density at radius 2 is 1.32 bits per heavy atom. The van der Waals surface area contributed by atoms with Crippen molar-refractivity contribution in [2.24, 2.45) is 0 Å². The van der Waals surface area contributed by atoms with Crippen LogP contribution in [0, 0.1) is 0 Å². The molecule has 0 aromatic heterocycles. The van der Waals surface area contributed by atoms with Crippen molar-refractivity contribution in [2.75, 3.05) is 7.11 Å². The number of ether oxygens (including phenoxy) is 1. The number of hydrogen-bond acceptors (Lipinski definition) is 3. The highest BCUT2D eigenvalue weighted by atomic mass is 28.5. The topological polar surface area (TPSA) is 27.7 Å². The van der Waals surface area contributed by atoms with Gasteiger partial charge in [0.05, 0.1) is 7.11 Å². The molecule has 158 valence electrons. The zero-order chi connectivity index (χ0) is 21.6. The maximum Gasteiger partial charge on any atom is 0.325 e. The molecule has 0 radical (unpaired) electrons. The van der Waals surface area contributed by atoms with Crippen molar-refractivity contribution in [1.82, 2.24) is 0 Å². The highest BCUT2D eigenvalue weighted by Gasteiger charge is 2.42. The van der Waals surface area contributed by atoms with Gasteiger partial charge in [-0.05, 0) is 51.4 Å². The van der Waals surface area contributed by atoms with Gasteiger partial charge < -0.3 is 13.0 Å². The predicted octanol–water partition coefficient (Wildman–Crippen LogP) is 6.04. The molecule has 0 unspecified atom stereocenters. The van der Waals surface area contributed by atoms with E-state index in [9.17, 15) is 0 Å². The number of rotatable bonds is 11. The van der Waals surface area contributed by atoms with Gasteiger partial charge in [-0.2, -0.15) is 0 Å².